The summed E-state index contributed by atoms with van der Waals surface area (Å²) >= 11 is 0. The van der Waals surface area contributed by atoms with E-state index in [9.17, 15) is 9.90 Å². The minimum atomic E-state index is -0.652. The normalized spacial score (nSPS) is 33.1. The molecular formula is C13H24N2O2. The number of nitrogens with two attached hydrogens (primary N) is 1. The fourth-order valence-corrected chi connectivity index (χ4v) is 3.03. The van der Waals surface area contributed by atoms with Gasteiger partial charge in [-0.2, -0.15) is 0 Å². The molecule has 2 saturated carbocycles. The molecule has 2 unspecified atom stereocenters. The predicted molar refractivity (Wildman–Crippen MR) is 66.4 cm³/mol. The second-order valence-corrected chi connectivity index (χ2v) is 5.71. The van der Waals surface area contributed by atoms with Crippen molar-refractivity contribution in [3.8, 4) is 0 Å². The number of nitrogens with one attached hydrogen (secondary N) is 1. The van der Waals surface area contributed by atoms with Crippen molar-refractivity contribution in [3.05, 3.63) is 0 Å². The Labute approximate surface area is 103 Å². The Morgan fingerprint density at radius 3 is 2.53 bits per heavy atom. The second-order valence-electron chi connectivity index (χ2n) is 5.71. The summed E-state index contributed by atoms with van der Waals surface area (Å²) in [6.07, 6.45) is 8.14. The maximum Gasteiger partial charge on any atom is 0.240 e. The summed E-state index contributed by atoms with van der Waals surface area (Å²) in [6.45, 7) is 0. The highest BCUT2D eigenvalue weighted by Gasteiger charge is 2.36. The van der Waals surface area contributed by atoms with Crippen molar-refractivity contribution in [2.75, 3.05) is 0 Å². The Hall–Kier alpha value is -0.610. The van der Waals surface area contributed by atoms with E-state index in [2.05, 4.69) is 5.32 Å². The highest BCUT2D eigenvalue weighted by atomic mass is 16.3. The minimum absolute atomic E-state index is 0.00343. The molecule has 0 spiro atoms. The Kier molecular flexibility index (Phi) is 4.05. The maximum absolute atomic E-state index is 12.2. The molecule has 2 fully saturated rings. The van der Waals surface area contributed by atoms with Gasteiger partial charge in [-0.1, -0.05) is 19.3 Å². The maximum atomic E-state index is 12.2. The Bertz CT molecular complexity index is 275. The molecule has 17 heavy (non-hydrogen) atoms. The third-order valence-electron chi connectivity index (χ3n) is 4.18. The average molecular weight is 240 g/mol. The van der Waals surface area contributed by atoms with Crippen LogP contribution in [0.25, 0.3) is 0 Å². The van der Waals surface area contributed by atoms with Gasteiger partial charge in [0.05, 0.1) is 11.6 Å². The molecular weight excluding hydrogens is 216 g/mol. The number of carbonyl (C=O) groups excluding carboxylic acids is 1. The molecule has 2 rings (SSSR count). The molecule has 98 valence electrons. The molecule has 4 N–H and O–H groups in total. The molecule has 4 nitrogen and oxygen atoms in total. The SMILES string of the molecule is NC1(C(=O)NC2CCCC(O)C2)CCCCC1. The van der Waals surface area contributed by atoms with Crippen molar-refractivity contribution in [3.63, 3.8) is 0 Å². The smallest absolute Gasteiger partial charge is 0.240 e. The van der Waals surface area contributed by atoms with E-state index >= 15 is 0 Å². The predicted octanol–water partition coefficient (Wildman–Crippen LogP) is 1.07. The number of rotatable bonds is 2. The number of aliphatic hydroxyl groups is 1. The molecule has 0 aromatic heterocycles. The van der Waals surface area contributed by atoms with Gasteiger partial charge in [-0.25, -0.2) is 0 Å². The number of amides is 1. The first-order chi connectivity index (χ1) is 8.10. The minimum Gasteiger partial charge on any atom is -0.393 e. The van der Waals surface area contributed by atoms with Crippen LogP contribution in [0.1, 0.15) is 57.8 Å². The van der Waals surface area contributed by atoms with Crippen molar-refractivity contribution in [1.29, 1.82) is 0 Å². The molecule has 2 aliphatic rings. The summed E-state index contributed by atoms with van der Waals surface area (Å²) in [4.78, 5) is 12.2. The van der Waals surface area contributed by atoms with Crippen LogP contribution in [0.3, 0.4) is 0 Å². The van der Waals surface area contributed by atoms with Crippen LogP contribution >= 0.6 is 0 Å². The first-order valence-corrected chi connectivity index (χ1v) is 6.88. The fourth-order valence-electron chi connectivity index (χ4n) is 3.03. The monoisotopic (exact) mass is 240 g/mol. The third kappa shape index (κ3) is 3.19. The summed E-state index contributed by atoms with van der Waals surface area (Å²) in [5, 5.41) is 12.6. The zero-order valence-corrected chi connectivity index (χ0v) is 10.5. The van der Waals surface area contributed by atoms with Gasteiger partial charge >= 0.3 is 0 Å². The van der Waals surface area contributed by atoms with Gasteiger partial charge in [-0.15, -0.1) is 0 Å². The van der Waals surface area contributed by atoms with Gasteiger partial charge < -0.3 is 16.2 Å². The van der Waals surface area contributed by atoms with Crippen LogP contribution in [0, 0.1) is 0 Å². The van der Waals surface area contributed by atoms with E-state index in [0.29, 0.717) is 6.42 Å². The molecule has 0 radical (unpaired) electrons. The van der Waals surface area contributed by atoms with Gasteiger partial charge in [0.25, 0.3) is 0 Å². The molecule has 1 amide bonds. The van der Waals surface area contributed by atoms with Crippen LogP contribution in [-0.4, -0.2) is 28.7 Å². The topological polar surface area (TPSA) is 75.4 Å². The Balaban J connectivity index is 1.87. The number of aliphatic hydroxyl groups excluding tert-OH is 1. The largest absolute Gasteiger partial charge is 0.393 e. The molecule has 0 heterocycles. The molecule has 0 saturated heterocycles. The molecule has 0 aromatic rings. The number of hydrogen-bond acceptors (Lipinski definition) is 3. The van der Waals surface area contributed by atoms with Gasteiger partial charge in [-0.05, 0) is 38.5 Å². The van der Waals surface area contributed by atoms with Crippen molar-refractivity contribution in [2.24, 2.45) is 5.73 Å². The lowest BCUT2D eigenvalue weighted by Gasteiger charge is -2.35. The molecule has 0 bridgehead atoms. The summed E-state index contributed by atoms with van der Waals surface area (Å²) < 4.78 is 0. The lowest BCUT2D eigenvalue weighted by atomic mass is 9.81. The van der Waals surface area contributed by atoms with E-state index in [4.69, 9.17) is 5.73 Å². The molecule has 0 aliphatic heterocycles. The molecule has 4 heteroatoms. The molecule has 0 aromatic carbocycles. The average Bonchev–Trinajstić information content (AvgIpc) is 2.30. The highest BCUT2D eigenvalue weighted by Crippen LogP contribution is 2.27. The van der Waals surface area contributed by atoms with Gasteiger partial charge in [0.15, 0.2) is 0 Å². The van der Waals surface area contributed by atoms with Crippen molar-refractivity contribution in [2.45, 2.75) is 75.5 Å². The first-order valence-electron chi connectivity index (χ1n) is 6.88. The lowest BCUT2D eigenvalue weighted by Crippen LogP contribution is -2.57. The van der Waals surface area contributed by atoms with E-state index in [1.54, 1.807) is 0 Å². The fraction of sp³-hybridized carbons (Fsp3) is 0.923. The number of carbonyl (C=O) groups is 1. The van der Waals surface area contributed by atoms with Crippen LogP contribution in [-0.2, 0) is 4.79 Å². The zero-order chi connectivity index (χ0) is 12.3. The second kappa shape index (κ2) is 5.36. The van der Waals surface area contributed by atoms with Gasteiger partial charge in [0.1, 0.15) is 0 Å². The quantitative estimate of drug-likeness (QED) is 0.676. The summed E-state index contributed by atoms with van der Waals surface area (Å²) in [5.41, 5.74) is 5.53. The lowest BCUT2D eigenvalue weighted by molar-refractivity contribution is -0.128. The number of hydrogen-bond donors (Lipinski definition) is 3. The Morgan fingerprint density at radius 1 is 1.18 bits per heavy atom. The Morgan fingerprint density at radius 2 is 1.88 bits per heavy atom. The highest BCUT2D eigenvalue weighted by molar-refractivity contribution is 5.86. The zero-order valence-electron chi connectivity index (χ0n) is 10.5. The van der Waals surface area contributed by atoms with Crippen LogP contribution in [0.5, 0.6) is 0 Å². The van der Waals surface area contributed by atoms with Gasteiger partial charge in [0.2, 0.25) is 5.91 Å². The van der Waals surface area contributed by atoms with Crippen molar-refractivity contribution < 1.29 is 9.90 Å². The van der Waals surface area contributed by atoms with E-state index in [1.165, 1.54) is 6.42 Å². The van der Waals surface area contributed by atoms with E-state index in [-0.39, 0.29) is 18.1 Å². The van der Waals surface area contributed by atoms with Crippen molar-refractivity contribution >= 4 is 5.91 Å². The van der Waals surface area contributed by atoms with Crippen molar-refractivity contribution in [1.82, 2.24) is 5.32 Å². The van der Waals surface area contributed by atoms with E-state index in [0.717, 1.165) is 44.9 Å². The van der Waals surface area contributed by atoms with Crippen LogP contribution in [0.15, 0.2) is 0 Å². The summed E-state index contributed by atoms with van der Waals surface area (Å²) in [7, 11) is 0. The van der Waals surface area contributed by atoms with E-state index in [1.807, 2.05) is 0 Å². The van der Waals surface area contributed by atoms with Gasteiger partial charge in [0, 0.05) is 6.04 Å². The van der Waals surface area contributed by atoms with E-state index < -0.39 is 5.54 Å². The first kappa shape index (κ1) is 12.8. The van der Waals surface area contributed by atoms with Crippen LogP contribution < -0.4 is 11.1 Å². The molecule has 2 atom stereocenters. The van der Waals surface area contributed by atoms with Crippen LogP contribution in [0.4, 0.5) is 0 Å². The third-order valence-corrected chi connectivity index (χ3v) is 4.18. The van der Waals surface area contributed by atoms with Gasteiger partial charge in [-0.3, -0.25) is 4.79 Å². The van der Waals surface area contributed by atoms with Crippen LogP contribution in [0.2, 0.25) is 0 Å². The summed E-state index contributed by atoms with van der Waals surface area (Å²) in [6, 6.07) is 0.119. The molecule has 2 aliphatic carbocycles. The standard InChI is InChI=1S/C13H24N2O2/c14-13(7-2-1-3-8-13)12(17)15-10-5-4-6-11(16)9-10/h10-11,16H,1-9,14H2,(H,15,17). The summed E-state index contributed by atoms with van der Waals surface area (Å²) in [5.74, 6) is -0.00343.